The monoisotopic (exact) mass is 114 g/mol. The number of carbonyl (C=O) groups is 1. The summed E-state index contributed by atoms with van der Waals surface area (Å²) in [4.78, 5) is 12.0. The smallest absolute Gasteiger partial charge is 0.106 e. The quantitative estimate of drug-likeness (QED) is 0.474. The molecule has 0 bridgehead atoms. The third-order valence-electron chi connectivity index (χ3n) is 0.842. The maximum absolute atomic E-state index is 8.00. The lowest BCUT2D eigenvalue weighted by molar-refractivity contribution is -0.0979. The first-order valence-corrected chi connectivity index (χ1v) is 2.43. The molecular formula is C5H10N2O. The van der Waals surface area contributed by atoms with Crippen LogP contribution in [0.5, 0.6) is 0 Å². The minimum Gasteiger partial charge on any atom is -0.372 e. The van der Waals surface area contributed by atoms with E-state index in [4.69, 9.17) is 4.79 Å². The predicted octanol–water partition coefficient (Wildman–Crippen LogP) is -0.177. The Morgan fingerprint density at radius 2 is 2.38 bits per heavy atom. The first-order valence-electron chi connectivity index (χ1n) is 2.43. The van der Waals surface area contributed by atoms with Crippen molar-refractivity contribution < 1.29 is 4.79 Å². The lowest BCUT2D eigenvalue weighted by atomic mass is 10.7. The molecule has 1 aliphatic rings. The Labute approximate surface area is 48.8 Å². The first kappa shape index (κ1) is 7.14. The molecule has 0 saturated heterocycles. The van der Waals surface area contributed by atoms with E-state index in [1.54, 1.807) is 0 Å². The van der Waals surface area contributed by atoms with Gasteiger partial charge in [-0.05, 0) is 6.92 Å². The molecule has 1 aliphatic heterocycles. The zero-order chi connectivity index (χ0) is 6.41. The summed E-state index contributed by atoms with van der Waals surface area (Å²) in [5.74, 6) is 1.08. The van der Waals surface area contributed by atoms with Gasteiger partial charge in [-0.25, -0.2) is 0 Å². The number of hydrogen-bond donors (Lipinski definition) is 1. The van der Waals surface area contributed by atoms with Gasteiger partial charge < -0.3 is 10.1 Å². The molecule has 1 heterocycles. The van der Waals surface area contributed by atoms with Gasteiger partial charge in [-0.1, -0.05) is 0 Å². The molecule has 1 rings (SSSR count). The zero-order valence-corrected chi connectivity index (χ0v) is 4.98. The van der Waals surface area contributed by atoms with Crippen molar-refractivity contribution in [2.24, 2.45) is 4.99 Å². The maximum Gasteiger partial charge on any atom is 0.106 e. The van der Waals surface area contributed by atoms with Crippen LogP contribution in [-0.4, -0.2) is 25.7 Å². The van der Waals surface area contributed by atoms with E-state index in [2.05, 4.69) is 10.3 Å². The first-order chi connectivity index (χ1) is 3.89. The fourth-order valence-electron chi connectivity index (χ4n) is 0.516. The minimum atomic E-state index is 0.964. The number of nitrogens with one attached hydrogen (secondary N) is 1. The largest absolute Gasteiger partial charge is 0.372 e. The van der Waals surface area contributed by atoms with Gasteiger partial charge in [-0.15, -0.1) is 0 Å². The van der Waals surface area contributed by atoms with Gasteiger partial charge in [-0.3, -0.25) is 4.99 Å². The van der Waals surface area contributed by atoms with Crippen LogP contribution in [0.1, 0.15) is 6.92 Å². The van der Waals surface area contributed by atoms with Crippen LogP contribution in [0.3, 0.4) is 0 Å². The van der Waals surface area contributed by atoms with Crippen LogP contribution in [0.4, 0.5) is 0 Å². The molecule has 0 aromatic carbocycles. The van der Waals surface area contributed by atoms with Gasteiger partial charge in [0.25, 0.3) is 0 Å². The molecular weight excluding hydrogens is 104 g/mol. The van der Waals surface area contributed by atoms with Gasteiger partial charge in [0.1, 0.15) is 6.79 Å². The standard InChI is InChI=1S/C4H8N2.CH2O/c1-4-5-2-3-6-4;1-2/h2-3H2,1H3,(H,5,6);1H2. The fraction of sp³-hybridized carbons (Fsp3) is 0.600. The summed E-state index contributed by atoms with van der Waals surface area (Å²) in [5, 5.41) is 3.07. The second-order valence-electron chi connectivity index (χ2n) is 1.39. The van der Waals surface area contributed by atoms with Crippen LogP contribution in [0.25, 0.3) is 0 Å². The van der Waals surface area contributed by atoms with Gasteiger partial charge in [0.05, 0.1) is 12.4 Å². The fourth-order valence-corrected chi connectivity index (χ4v) is 0.516. The highest BCUT2D eigenvalue weighted by molar-refractivity contribution is 5.80. The van der Waals surface area contributed by atoms with E-state index in [0.717, 1.165) is 18.9 Å². The molecule has 3 heteroatoms. The van der Waals surface area contributed by atoms with Gasteiger partial charge in [0, 0.05) is 6.54 Å². The lowest BCUT2D eigenvalue weighted by Gasteiger charge is -1.85. The molecule has 0 fully saturated rings. The summed E-state index contributed by atoms with van der Waals surface area (Å²) in [5.41, 5.74) is 0. The third kappa shape index (κ3) is 2.34. The molecule has 8 heavy (non-hydrogen) atoms. The van der Waals surface area contributed by atoms with Crippen molar-refractivity contribution in [3.05, 3.63) is 0 Å². The maximum atomic E-state index is 8.00. The van der Waals surface area contributed by atoms with E-state index in [-0.39, 0.29) is 0 Å². The van der Waals surface area contributed by atoms with Crippen molar-refractivity contribution in [3.63, 3.8) is 0 Å². The Kier molecular flexibility index (Phi) is 3.84. The van der Waals surface area contributed by atoms with Crippen molar-refractivity contribution in [2.75, 3.05) is 13.1 Å². The summed E-state index contributed by atoms with van der Waals surface area (Å²) in [6.45, 7) is 5.98. The van der Waals surface area contributed by atoms with Crippen molar-refractivity contribution in [2.45, 2.75) is 6.92 Å². The molecule has 0 aliphatic carbocycles. The lowest BCUT2D eigenvalue weighted by Crippen LogP contribution is -2.13. The normalized spacial score (nSPS) is 15.4. The van der Waals surface area contributed by atoms with Crippen molar-refractivity contribution in [3.8, 4) is 0 Å². The SMILES string of the molecule is C=O.CC1=NCCN1. The molecule has 0 aromatic rings. The number of hydrogen-bond acceptors (Lipinski definition) is 3. The molecule has 1 N–H and O–H groups in total. The van der Waals surface area contributed by atoms with Crippen LogP contribution in [0.15, 0.2) is 4.99 Å². The van der Waals surface area contributed by atoms with E-state index in [1.165, 1.54) is 0 Å². The topological polar surface area (TPSA) is 41.5 Å². The summed E-state index contributed by atoms with van der Waals surface area (Å²) < 4.78 is 0. The Hall–Kier alpha value is -0.860. The summed E-state index contributed by atoms with van der Waals surface area (Å²) in [7, 11) is 0. The molecule has 0 unspecified atom stereocenters. The van der Waals surface area contributed by atoms with Crippen LogP contribution in [0.2, 0.25) is 0 Å². The molecule has 0 spiro atoms. The van der Waals surface area contributed by atoms with E-state index < -0.39 is 0 Å². The molecule has 0 atom stereocenters. The van der Waals surface area contributed by atoms with E-state index in [1.807, 2.05) is 13.7 Å². The van der Waals surface area contributed by atoms with Crippen LogP contribution in [-0.2, 0) is 4.79 Å². The number of aliphatic imine (C=N–C) groups is 1. The molecule has 0 radical (unpaired) electrons. The number of rotatable bonds is 0. The van der Waals surface area contributed by atoms with Crippen molar-refractivity contribution >= 4 is 12.6 Å². The Morgan fingerprint density at radius 1 is 1.75 bits per heavy atom. The Bertz CT molecular complexity index is 90.4. The highest BCUT2D eigenvalue weighted by Gasteiger charge is 1.93. The third-order valence-corrected chi connectivity index (χ3v) is 0.842. The van der Waals surface area contributed by atoms with E-state index in [0.29, 0.717) is 0 Å². The average molecular weight is 114 g/mol. The summed E-state index contributed by atoms with van der Waals surface area (Å²) in [6, 6.07) is 0. The molecule has 0 aromatic heterocycles. The highest BCUT2D eigenvalue weighted by Crippen LogP contribution is 1.79. The number of carbonyl (C=O) groups excluding carboxylic acids is 1. The predicted molar refractivity (Wildman–Crippen MR) is 33.1 cm³/mol. The highest BCUT2D eigenvalue weighted by atomic mass is 16.1. The minimum absolute atomic E-state index is 0.964. The van der Waals surface area contributed by atoms with Crippen LogP contribution in [0, 0.1) is 0 Å². The summed E-state index contributed by atoms with van der Waals surface area (Å²) >= 11 is 0. The number of nitrogens with zero attached hydrogens (tertiary/aromatic N) is 1. The van der Waals surface area contributed by atoms with Crippen molar-refractivity contribution in [1.29, 1.82) is 0 Å². The number of amidine groups is 1. The van der Waals surface area contributed by atoms with Crippen LogP contribution >= 0.6 is 0 Å². The zero-order valence-electron chi connectivity index (χ0n) is 4.98. The average Bonchev–Trinajstić information content (AvgIpc) is 2.24. The molecule has 0 saturated carbocycles. The summed E-state index contributed by atoms with van der Waals surface area (Å²) in [6.07, 6.45) is 0. The van der Waals surface area contributed by atoms with E-state index in [9.17, 15) is 0 Å². The Balaban J connectivity index is 0.000000222. The van der Waals surface area contributed by atoms with E-state index >= 15 is 0 Å². The molecule has 0 amide bonds. The van der Waals surface area contributed by atoms with Crippen LogP contribution < -0.4 is 5.32 Å². The molecule has 3 nitrogen and oxygen atoms in total. The van der Waals surface area contributed by atoms with Crippen molar-refractivity contribution in [1.82, 2.24) is 5.32 Å². The van der Waals surface area contributed by atoms with Gasteiger partial charge in [0.2, 0.25) is 0 Å². The Morgan fingerprint density at radius 3 is 2.50 bits per heavy atom. The van der Waals surface area contributed by atoms with Gasteiger partial charge in [-0.2, -0.15) is 0 Å². The van der Waals surface area contributed by atoms with Gasteiger partial charge >= 0.3 is 0 Å². The molecule has 46 valence electrons. The second-order valence-corrected chi connectivity index (χ2v) is 1.39. The second kappa shape index (κ2) is 4.30. The van der Waals surface area contributed by atoms with Gasteiger partial charge in [0.15, 0.2) is 0 Å².